The summed E-state index contributed by atoms with van der Waals surface area (Å²) in [6, 6.07) is 10.7. The molecule has 1 aliphatic heterocycles. The van der Waals surface area contributed by atoms with Gasteiger partial charge in [-0.3, -0.25) is 0 Å². The highest BCUT2D eigenvalue weighted by Crippen LogP contribution is 2.47. The van der Waals surface area contributed by atoms with Crippen molar-refractivity contribution in [3.8, 4) is 0 Å². The number of nitrogens with zero attached hydrogens (tertiary/aromatic N) is 2. The smallest absolute Gasteiger partial charge is 0.391 e. The lowest BCUT2D eigenvalue weighted by molar-refractivity contribution is 0.278. The summed E-state index contributed by atoms with van der Waals surface area (Å²) in [5, 5.41) is 5.28. The number of hydrogen-bond acceptors (Lipinski definition) is 5. The summed E-state index contributed by atoms with van der Waals surface area (Å²) in [4.78, 5) is 11.5. The van der Waals surface area contributed by atoms with Crippen LogP contribution in [-0.2, 0) is 22.0 Å². The second-order valence-electron chi connectivity index (χ2n) is 9.40. The van der Waals surface area contributed by atoms with Crippen molar-refractivity contribution in [3.63, 3.8) is 0 Å². The van der Waals surface area contributed by atoms with E-state index >= 15 is 8.78 Å². The first kappa shape index (κ1) is 23.6. The van der Waals surface area contributed by atoms with Gasteiger partial charge in [0, 0.05) is 23.7 Å². The molecule has 1 saturated heterocycles. The first-order valence-corrected chi connectivity index (χ1v) is 12.9. The van der Waals surface area contributed by atoms with E-state index in [1.165, 1.54) is 4.31 Å². The Morgan fingerprint density at radius 3 is 2.51 bits per heavy atom. The van der Waals surface area contributed by atoms with E-state index in [1.807, 2.05) is 13.0 Å². The van der Waals surface area contributed by atoms with Crippen LogP contribution in [0.4, 0.5) is 8.78 Å². The Morgan fingerprint density at radius 1 is 1.17 bits per heavy atom. The van der Waals surface area contributed by atoms with Crippen LogP contribution in [0.1, 0.15) is 60.9 Å². The molecular weight excluding hydrogens is 476 g/mol. The number of benzene rings is 2. The summed E-state index contributed by atoms with van der Waals surface area (Å²) in [6.45, 7) is 3.32. The number of sulfonamides is 1. The van der Waals surface area contributed by atoms with Crippen molar-refractivity contribution in [1.29, 1.82) is 0 Å². The Morgan fingerprint density at radius 2 is 1.89 bits per heavy atom. The quantitative estimate of drug-likeness (QED) is 0.525. The molecule has 0 saturated carbocycles. The molecule has 1 N–H and O–H groups in total. The van der Waals surface area contributed by atoms with Gasteiger partial charge in [0.15, 0.2) is 0 Å². The zero-order chi connectivity index (χ0) is 25.0. The van der Waals surface area contributed by atoms with Crippen LogP contribution in [0.15, 0.2) is 63.3 Å². The summed E-state index contributed by atoms with van der Waals surface area (Å²) in [5.41, 5.74) is 0.321. The predicted molar refractivity (Wildman–Crippen MR) is 125 cm³/mol. The average Bonchev–Trinajstić information content (AvgIpc) is 3.23. The number of rotatable bonds is 5. The lowest BCUT2D eigenvalue weighted by atomic mass is 9.66. The molecule has 1 aliphatic carbocycles. The standard InChI is InChI=1S/C25H25F2N3O4S/c1-15-12-25(13-15,23-28-29-24(31)34-23)19-11-20(26)18(10-21(19)27)14-30-16(2)8-9-22(35(30,32)33)17-6-4-3-5-7-17/h3-7,10-12,16,22H,8-9,13-14H2,1-2H3,(H,29,31)/t16-,22+,25-/m0/s1. The lowest BCUT2D eigenvalue weighted by Crippen LogP contribution is -2.45. The number of halogens is 2. The molecule has 2 heterocycles. The molecule has 0 radical (unpaired) electrons. The summed E-state index contributed by atoms with van der Waals surface area (Å²) < 4.78 is 64.1. The van der Waals surface area contributed by atoms with Crippen molar-refractivity contribution >= 4 is 10.0 Å². The lowest BCUT2D eigenvalue weighted by Gasteiger charge is -2.38. The fourth-order valence-electron chi connectivity index (χ4n) is 5.25. The highest BCUT2D eigenvalue weighted by atomic mass is 32.2. The molecule has 5 rings (SSSR count). The summed E-state index contributed by atoms with van der Waals surface area (Å²) in [7, 11) is -3.80. The van der Waals surface area contributed by atoms with Gasteiger partial charge >= 0.3 is 5.76 Å². The van der Waals surface area contributed by atoms with Gasteiger partial charge < -0.3 is 4.42 Å². The summed E-state index contributed by atoms with van der Waals surface area (Å²) in [5.74, 6) is -2.29. The van der Waals surface area contributed by atoms with Crippen LogP contribution in [0, 0.1) is 11.6 Å². The molecule has 35 heavy (non-hydrogen) atoms. The monoisotopic (exact) mass is 501 g/mol. The Hall–Kier alpha value is -3.11. The molecule has 0 unspecified atom stereocenters. The van der Waals surface area contributed by atoms with E-state index in [-0.39, 0.29) is 29.6 Å². The largest absolute Gasteiger partial charge is 0.434 e. The third-order valence-electron chi connectivity index (χ3n) is 7.01. The summed E-state index contributed by atoms with van der Waals surface area (Å²) >= 11 is 0. The topological polar surface area (TPSA) is 96.3 Å². The average molecular weight is 502 g/mol. The second kappa shape index (κ2) is 8.53. The molecule has 2 aliphatic rings. The summed E-state index contributed by atoms with van der Waals surface area (Å²) in [6.07, 6.45) is 3.06. The van der Waals surface area contributed by atoms with E-state index in [9.17, 15) is 13.2 Å². The van der Waals surface area contributed by atoms with Crippen LogP contribution in [0.3, 0.4) is 0 Å². The molecule has 0 spiro atoms. The van der Waals surface area contributed by atoms with Crippen LogP contribution in [0.5, 0.6) is 0 Å². The third kappa shape index (κ3) is 3.94. The van der Waals surface area contributed by atoms with Crippen LogP contribution >= 0.6 is 0 Å². The van der Waals surface area contributed by atoms with Crippen molar-refractivity contribution in [1.82, 2.24) is 14.5 Å². The zero-order valence-electron chi connectivity index (χ0n) is 19.3. The van der Waals surface area contributed by atoms with Crippen LogP contribution in [-0.4, -0.2) is 29.0 Å². The number of H-pyrrole nitrogens is 1. The van der Waals surface area contributed by atoms with Gasteiger partial charge in [-0.2, -0.15) is 4.31 Å². The maximum absolute atomic E-state index is 15.4. The Labute approximate surface area is 201 Å². The van der Waals surface area contributed by atoms with E-state index in [2.05, 4.69) is 10.2 Å². The molecule has 184 valence electrons. The highest BCUT2D eigenvalue weighted by Gasteiger charge is 2.46. The molecule has 3 atom stereocenters. The SMILES string of the molecule is CC1=C[C@@](c2n[nH]c(=O)o2)(c2cc(F)c(CN3[C@@H](C)CC[C@H](c4ccccc4)S3(=O)=O)cc2F)C1. The molecule has 10 heteroatoms. The van der Waals surface area contributed by atoms with Gasteiger partial charge in [0.2, 0.25) is 15.9 Å². The predicted octanol–water partition coefficient (Wildman–Crippen LogP) is 4.33. The first-order chi connectivity index (χ1) is 16.6. The van der Waals surface area contributed by atoms with Gasteiger partial charge in [0.25, 0.3) is 0 Å². The highest BCUT2D eigenvalue weighted by molar-refractivity contribution is 7.89. The normalized spacial score (nSPS) is 26.2. The van der Waals surface area contributed by atoms with E-state index in [4.69, 9.17) is 4.42 Å². The molecule has 0 amide bonds. The van der Waals surface area contributed by atoms with Crippen molar-refractivity contribution in [2.45, 2.75) is 56.4 Å². The van der Waals surface area contributed by atoms with Crippen molar-refractivity contribution in [3.05, 3.63) is 98.9 Å². The van der Waals surface area contributed by atoms with Gasteiger partial charge in [-0.15, -0.1) is 5.10 Å². The maximum Gasteiger partial charge on any atom is 0.434 e. The van der Waals surface area contributed by atoms with E-state index in [0.717, 1.165) is 17.7 Å². The van der Waals surface area contributed by atoms with Gasteiger partial charge in [0.1, 0.15) is 16.9 Å². The minimum atomic E-state index is -3.80. The third-order valence-corrected chi connectivity index (χ3v) is 9.38. The van der Waals surface area contributed by atoms with E-state index in [1.54, 1.807) is 37.3 Å². The van der Waals surface area contributed by atoms with Crippen molar-refractivity contribution in [2.24, 2.45) is 0 Å². The molecular formula is C25H25F2N3O4S. The molecule has 0 bridgehead atoms. The van der Waals surface area contributed by atoms with Crippen molar-refractivity contribution in [2.75, 3.05) is 0 Å². The minimum absolute atomic E-state index is 0.0173. The van der Waals surface area contributed by atoms with Gasteiger partial charge in [-0.05, 0) is 50.8 Å². The molecule has 1 fully saturated rings. The fourth-order valence-corrected chi connectivity index (χ4v) is 7.44. The number of aromatic nitrogens is 2. The molecule has 1 aromatic heterocycles. The molecule has 7 nitrogen and oxygen atoms in total. The van der Waals surface area contributed by atoms with E-state index in [0.29, 0.717) is 24.8 Å². The zero-order valence-corrected chi connectivity index (χ0v) is 20.1. The Bertz CT molecular complexity index is 1470. The Balaban J connectivity index is 1.50. The van der Waals surface area contributed by atoms with Gasteiger partial charge in [-0.25, -0.2) is 27.1 Å². The van der Waals surface area contributed by atoms with Gasteiger partial charge in [0.05, 0.1) is 5.41 Å². The second-order valence-corrected chi connectivity index (χ2v) is 11.5. The number of allylic oxidation sites excluding steroid dienone is 2. The van der Waals surface area contributed by atoms with Crippen molar-refractivity contribution < 1.29 is 21.6 Å². The fraction of sp³-hybridized carbons (Fsp3) is 0.360. The minimum Gasteiger partial charge on any atom is -0.391 e. The number of hydrogen-bond donors (Lipinski definition) is 1. The first-order valence-electron chi connectivity index (χ1n) is 11.4. The van der Waals surface area contributed by atoms with Crippen LogP contribution in [0.25, 0.3) is 0 Å². The van der Waals surface area contributed by atoms with Crippen LogP contribution in [0.2, 0.25) is 0 Å². The number of aromatic amines is 1. The Kier molecular flexibility index (Phi) is 5.76. The van der Waals surface area contributed by atoms with Gasteiger partial charge in [-0.1, -0.05) is 42.0 Å². The molecule has 3 aromatic rings. The number of nitrogens with one attached hydrogen (secondary N) is 1. The van der Waals surface area contributed by atoms with E-state index < -0.39 is 38.1 Å². The molecule has 2 aromatic carbocycles. The van der Waals surface area contributed by atoms with Crippen LogP contribution < -0.4 is 5.76 Å². The maximum atomic E-state index is 15.4.